The molecule has 1 aromatic rings. The van der Waals surface area contributed by atoms with Crippen LogP contribution >= 0.6 is 0 Å². The highest BCUT2D eigenvalue weighted by Crippen LogP contribution is 2.41. The minimum atomic E-state index is 0.507. The van der Waals surface area contributed by atoms with E-state index in [2.05, 4.69) is 35.7 Å². The Bertz CT molecular complexity index is 471. The van der Waals surface area contributed by atoms with E-state index in [0.717, 1.165) is 17.4 Å². The number of nitrogens with one attached hydrogen (secondary N) is 1. The smallest absolute Gasteiger partial charge is 0.0669 e. The Labute approximate surface area is 122 Å². The van der Waals surface area contributed by atoms with Crippen molar-refractivity contribution in [1.29, 1.82) is 5.26 Å². The quantitative estimate of drug-likeness (QED) is 0.874. The highest BCUT2D eigenvalue weighted by atomic mass is 14.9. The van der Waals surface area contributed by atoms with Gasteiger partial charge in [-0.05, 0) is 48.8 Å². The van der Waals surface area contributed by atoms with Crippen molar-refractivity contribution in [2.45, 2.75) is 57.4 Å². The number of benzene rings is 1. The molecule has 20 heavy (non-hydrogen) atoms. The lowest BCUT2D eigenvalue weighted by molar-refractivity contribution is 0.162. The standard InChI is InChI=1S/C18H24N2/c19-12-11-14-5-8-17(9-6-14)20-18-10-7-15-3-1-2-4-16(15)13-18/h5-6,8-9,15-16,18,20H,1-4,7,10-11,13H2. The van der Waals surface area contributed by atoms with Crippen LogP contribution in [0.5, 0.6) is 0 Å². The first-order valence-electron chi connectivity index (χ1n) is 8.07. The summed E-state index contributed by atoms with van der Waals surface area (Å²) in [5.74, 6) is 1.98. The molecular weight excluding hydrogens is 244 g/mol. The monoisotopic (exact) mass is 268 g/mol. The van der Waals surface area contributed by atoms with Crippen molar-refractivity contribution in [3.8, 4) is 6.07 Å². The van der Waals surface area contributed by atoms with Gasteiger partial charge in [0.25, 0.3) is 0 Å². The van der Waals surface area contributed by atoms with Crippen LogP contribution in [0.15, 0.2) is 24.3 Å². The second-order valence-corrected chi connectivity index (χ2v) is 6.49. The molecule has 106 valence electrons. The lowest BCUT2D eigenvalue weighted by Crippen LogP contribution is -2.34. The summed E-state index contributed by atoms with van der Waals surface area (Å²) in [7, 11) is 0. The van der Waals surface area contributed by atoms with Gasteiger partial charge in [-0.1, -0.05) is 37.8 Å². The first-order chi connectivity index (χ1) is 9.85. The van der Waals surface area contributed by atoms with Gasteiger partial charge in [0.05, 0.1) is 12.5 Å². The van der Waals surface area contributed by atoms with Gasteiger partial charge in [-0.3, -0.25) is 0 Å². The first kappa shape index (κ1) is 13.5. The molecule has 2 saturated carbocycles. The van der Waals surface area contributed by atoms with Gasteiger partial charge in [0, 0.05) is 11.7 Å². The topological polar surface area (TPSA) is 35.8 Å². The van der Waals surface area contributed by atoms with E-state index < -0.39 is 0 Å². The van der Waals surface area contributed by atoms with Gasteiger partial charge in [0.15, 0.2) is 0 Å². The van der Waals surface area contributed by atoms with Crippen molar-refractivity contribution in [3.63, 3.8) is 0 Å². The molecule has 0 radical (unpaired) electrons. The summed E-state index contributed by atoms with van der Waals surface area (Å²) in [6.45, 7) is 0. The average molecular weight is 268 g/mol. The van der Waals surface area contributed by atoms with Gasteiger partial charge in [-0.2, -0.15) is 5.26 Å². The van der Waals surface area contributed by atoms with Crippen LogP contribution in [0.3, 0.4) is 0 Å². The molecule has 0 spiro atoms. The number of anilines is 1. The van der Waals surface area contributed by atoms with Gasteiger partial charge in [0.1, 0.15) is 0 Å². The zero-order valence-corrected chi connectivity index (χ0v) is 12.1. The number of nitriles is 1. The zero-order chi connectivity index (χ0) is 13.8. The van der Waals surface area contributed by atoms with E-state index in [1.807, 2.05) is 0 Å². The molecule has 3 rings (SSSR count). The van der Waals surface area contributed by atoms with Crippen LogP contribution in [0, 0.1) is 23.2 Å². The molecule has 3 unspecified atom stereocenters. The predicted molar refractivity (Wildman–Crippen MR) is 82.5 cm³/mol. The van der Waals surface area contributed by atoms with Crippen molar-refractivity contribution in [1.82, 2.24) is 0 Å². The Kier molecular flexibility index (Phi) is 4.25. The SMILES string of the molecule is N#CCc1ccc(NC2CCC3CCCCC3C2)cc1. The van der Waals surface area contributed by atoms with E-state index in [9.17, 15) is 0 Å². The summed E-state index contributed by atoms with van der Waals surface area (Å²) in [5, 5.41) is 12.4. The van der Waals surface area contributed by atoms with Gasteiger partial charge in [0.2, 0.25) is 0 Å². The molecule has 0 amide bonds. The van der Waals surface area contributed by atoms with E-state index in [0.29, 0.717) is 12.5 Å². The lowest BCUT2D eigenvalue weighted by atomic mass is 9.69. The Morgan fingerprint density at radius 1 is 1.00 bits per heavy atom. The van der Waals surface area contributed by atoms with Crippen LogP contribution < -0.4 is 5.32 Å². The molecule has 1 N–H and O–H groups in total. The summed E-state index contributed by atoms with van der Waals surface area (Å²) in [6, 6.07) is 11.2. The summed E-state index contributed by atoms with van der Waals surface area (Å²) in [6.07, 6.45) is 10.4. The highest BCUT2D eigenvalue weighted by molar-refractivity contribution is 5.45. The fraction of sp³-hybridized carbons (Fsp3) is 0.611. The van der Waals surface area contributed by atoms with E-state index in [4.69, 9.17) is 5.26 Å². The predicted octanol–water partition coefficient (Wildman–Crippen LogP) is 4.52. The van der Waals surface area contributed by atoms with Crippen LogP contribution in [0.1, 0.15) is 50.5 Å². The maximum atomic E-state index is 8.69. The third-order valence-electron chi connectivity index (χ3n) is 5.15. The first-order valence-corrected chi connectivity index (χ1v) is 8.07. The third-order valence-corrected chi connectivity index (χ3v) is 5.15. The minimum Gasteiger partial charge on any atom is -0.382 e. The fourth-order valence-electron chi connectivity index (χ4n) is 4.05. The van der Waals surface area contributed by atoms with Gasteiger partial charge in [-0.15, -0.1) is 0 Å². The van der Waals surface area contributed by atoms with Crippen LogP contribution in [-0.2, 0) is 6.42 Å². The molecule has 0 aromatic heterocycles. The van der Waals surface area contributed by atoms with Crippen LogP contribution in [0.25, 0.3) is 0 Å². The Balaban J connectivity index is 1.56. The molecule has 0 aliphatic heterocycles. The summed E-state index contributed by atoms with van der Waals surface area (Å²) < 4.78 is 0. The van der Waals surface area contributed by atoms with Gasteiger partial charge < -0.3 is 5.32 Å². The maximum Gasteiger partial charge on any atom is 0.0669 e. The molecule has 0 saturated heterocycles. The van der Waals surface area contributed by atoms with Gasteiger partial charge >= 0.3 is 0 Å². The Morgan fingerprint density at radius 2 is 1.75 bits per heavy atom. The normalized spacial score (nSPS) is 29.2. The van der Waals surface area contributed by atoms with E-state index in [1.165, 1.54) is 50.6 Å². The summed E-state index contributed by atoms with van der Waals surface area (Å²) in [5.41, 5.74) is 2.32. The second-order valence-electron chi connectivity index (χ2n) is 6.49. The molecule has 3 atom stereocenters. The van der Waals surface area contributed by atoms with Crippen molar-refractivity contribution >= 4 is 5.69 Å². The number of hydrogen-bond donors (Lipinski definition) is 1. The molecule has 2 aliphatic rings. The zero-order valence-electron chi connectivity index (χ0n) is 12.1. The van der Waals surface area contributed by atoms with Crippen LogP contribution in [0.4, 0.5) is 5.69 Å². The number of nitrogens with zero attached hydrogens (tertiary/aromatic N) is 1. The lowest BCUT2D eigenvalue weighted by Gasteiger charge is -2.39. The van der Waals surface area contributed by atoms with E-state index in [1.54, 1.807) is 0 Å². The van der Waals surface area contributed by atoms with E-state index >= 15 is 0 Å². The van der Waals surface area contributed by atoms with E-state index in [-0.39, 0.29) is 0 Å². The van der Waals surface area contributed by atoms with Crippen molar-refractivity contribution in [3.05, 3.63) is 29.8 Å². The average Bonchev–Trinajstić information content (AvgIpc) is 2.49. The highest BCUT2D eigenvalue weighted by Gasteiger charge is 2.31. The molecular formula is C18H24N2. The minimum absolute atomic E-state index is 0.507. The maximum absolute atomic E-state index is 8.69. The molecule has 0 heterocycles. The fourth-order valence-corrected chi connectivity index (χ4v) is 4.05. The Hall–Kier alpha value is -1.49. The molecule has 2 heteroatoms. The van der Waals surface area contributed by atoms with Crippen molar-refractivity contribution < 1.29 is 0 Å². The second kappa shape index (κ2) is 6.31. The largest absolute Gasteiger partial charge is 0.382 e. The molecule has 2 fully saturated rings. The van der Waals surface area contributed by atoms with Crippen molar-refractivity contribution in [2.24, 2.45) is 11.8 Å². The molecule has 2 aliphatic carbocycles. The van der Waals surface area contributed by atoms with Crippen LogP contribution in [0.2, 0.25) is 0 Å². The number of hydrogen-bond acceptors (Lipinski definition) is 2. The molecule has 1 aromatic carbocycles. The van der Waals surface area contributed by atoms with Crippen LogP contribution in [-0.4, -0.2) is 6.04 Å². The summed E-state index contributed by atoms with van der Waals surface area (Å²) in [4.78, 5) is 0. The number of fused-ring (bicyclic) bond motifs is 1. The number of rotatable bonds is 3. The molecule has 0 bridgehead atoms. The van der Waals surface area contributed by atoms with Gasteiger partial charge in [-0.25, -0.2) is 0 Å². The van der Waals surface area contributed by atoms with Crippen molar-refractivity contribution in [2.75, 3.05) is 5.32 Å². The molecule has 2 nitrogen and oxygen atoms in total. The summed E-state index contributed by atoms with van der Waals surface area (Å²) >= 11 is 0. The third kappa shape index (κ3) is 3.15. The Morgan fingerprint density at radius 3 is 2.50 bits per heavy atom.